The number of rotatable bonds is 5. The fourth-order valence-electron chi connectivity index (χ4n) is 3.27. The molecule has 2 aliphatic rings. The minimum Gasteiger partial charge on any atom is -0.464 e. The van der Waals surface area contributed by atoms with Gasteiger partial charge in [-0.1, -0.05) is 12.1 Å². The lowest BCUT2D eigenvalue weighted by atomic mass is 10.1. The molecule has 3 rings (SSSR count). The van der Waals surface area contributed by atoms with Crippen molar-refractivity contribution in [1.29, 1.82) is 0 Å². The van der Waals surface area contributed by atoms with Crippen molar-refractivity contribution < 1.29 is 19.1 Å². The molecule has 0 bridgehead atoms. The Balaban J connectivity index is 1.72. The Labute approximate surface area is 163 Å². The Bertz CT molecular complexity index is 754. The van der Waals surface area contributed by atoms with Crippen molar-refractivity contribution in [2.75, 3.05) is 24.6 Å². The van der Waals surface area contributed by atoms with Gasteiger partial charge in [-0.3, -0.25) is 14.5 Å². The summed E-state index contributed by atoms with van der Waals surface area (Å²) < 4.78 is 4.92. The number of carbonyl (C=O) groups is 3. The number of benzene rings is 1. The van der Waals surface area contributed by atoms with Gasteiger partial charge in [-0.05, 0) is 68.6 Å². The second kappa shape index (κ2) is 8.61. The minimum absolute atomic E-state index is 0.207. The average molecular weight is 388 g/mol. The molecule has 0 radical (unpaired) electrons. The van der Waals surface area contributed by atoms with E-state index in [1.165, 1.54) is 31.9 Å². The lowest BCUT2D eigenvalue weighted by Crippen LogP contribution is -2.42. The fraction of sp³-hybridized carbons (Fsp3) is 0.450. The molecule has 7 heteroatoms. The van der Waals surface area contributed by atoms with Gasteiger partial charge < -0.3 is 9.64 Å². The second-order valence-electron chi connectivity index (χ2n) is 6.62. The SMILES string of the molecule is CCOC(=O)[C@@H](C)N1C(=O)S/C(=C/c2ccc(N3CCCCC3)cc2)C1=O. The van der Waals surface area contributed by atoms with Crippen molar-refractivity contribution >= 4 is 40.6 Å². The molecule has 144 valence electrons. The van der Waals surface area contributed by atoms with Crippen LogP contribution in [0.15, 0.2) is 29.2 Å². The summed E-state index contributed by atoms with van der Waals surface area (Å²) in [5, 5.41) is -0.447. The molecule has 0 aromatic heterocycles. The molecule has 2 amide bonds. The van der Waals surface area contributed by atoms with Crippen molar-refractivity contribution in [2.24, 2.45) is 0 Å². The van der Waals surface area contributed by atoms with Crippen molar-refractivity contribution in [2.45, 2.75) is 39.2 Å². The predicted molar refractivity (Wildman–Crippen MR) is 106 cm³/mol. The molecule has 0 N–H and O–H groups in total. The van der Waals surface area contributed by atoms with Crippen LogP contribution in [0.4, 0.5) is 10.5 Å². The third-order valence-electron chi connectivity index (χ3n) is 4.75. The number of thioether (sulfide) groups is 1. The number of amides is 2. The Morgan fingerprint density at radius 2 is 1.85 bits per heavy atom. The minimum atomic E-state index is -0.926. The summed E-state index contributed by atoms with van der Waals surface area (Å²) in [5.74, 6) is -1.03. The lowest BCUT2D eigenvalue weighted by molar-refractivity contribution is -0.150. The summed E-state index contributed by atoms with van der Waals surface area (Å²) in [4.78, 5) is 40.3. The summed E-state index contributed by atoms with van der Waals surface area (Å²) in [6, 6.07) is 7.06. The standard InChI is InChI=1S/C20H24N2O4S/c1-3-26-19(24)14(2)22-18(23)17(27-20(22)25)13-15-7-9-16(10-8-15)21-11-5-4-6-12-21/h7-10,13-14H,3-6,11-12H2,1-2H3/b17-13+/t14-/m1/s1. The quantitative estimate of drug-likeness (QED) is 0.566. The first-order valence-corrected chi connectivity index (χ1v) is 10.1. The van der Waals surface area contributed by atoms with E-state index in [9.17, 15) is 14.4 Å². The number of piperidine rings is 1. The van der Waals surface area contributed by atoms with Crippen LogP contribution >= 0.6 is 11.8 Å². The van der Waals surface area contributed by atoms with Crippen LogP contribution in [0.2, 0.25) is 0 Å². The monoisotopic (exact) mass is 388 g/mol. The van der Waals surface area contributed by atoms with Crippen molar-refractivity contribution in [1.82, 2.24) is 4.90 Å². The van der Waals surface area contributed by atoms with E-state index in [-0.39, 0.29) is 6.61 Å². The number of carbonyl (C=O) groups excluding carboxylic acids is 3. The highest BCUT2D eigenvalue weighted by atomic mass is 32.2. The van der Waals surface area contributed by atoms with Gasteiger partial charge in [-0.15, -0.1) is 0 Å². The Morgan fingerprint density at radius 3 is 2.48 bits per heavy atom. The molecule has 2 fully saturated rings. The molecule has 0 spiro atoms. The van der Waals surface area contributed by atoms with Crippen LogP contribution in [-0.2, 0) is 14.3 Å². The van der Waals surface area contributed by atoms with Crippen LogP contribution in [0, 0.1) is 0 Å². The summed E-state index contributed by atoms with van der Waals surface area (Å²) in [7, 11) is 0. The van der Waals surface area contributed by atoms with Gasteiger partial charge in [0.25, 0.3) is 11.1 Å². The smallest absolute Gasteiger partial charge is 0.329 e. The van der Waals surface area contributed by atoms with Gasteiger partial charge in [0.05, 0.1) is 11.5 Å². The molecule has 0 aliphatic carbocycles. The Hall–Kier alpha value is -2.28. The van der Waals surface area contributed by atoms with Gasteiger partial charge in [-0.2, -0.15) is 0 Å². The molecule has 6 nitrogen and oxygen atoms in total. The largest absolute Gasteiger partial charge is 0.464 e. The van der Waals surface area contributed by atoms with Crippen LogP contribution in [-0.4, -0.2) is 47.8 Å². The third kappa shape index (κ3) is 4.35. The van der Waals surface area contributed by atoms with Crippen LogP contribution in [0.5, 0.6) is 0 Å². The average Bonchev–Trinajstić information content (AvgIpc) is 2.96. The summed E-state index contributed by atoms with van der Waals surface area (Å²) in [5.41, 5.74) is 2.03. The summed E-state index contributed by atoms with van der Waals surface area (Å²) in [6.07, 6.45) is 5.42. The van der Waals surface area contributed by atoms with E-state index < -0.39 is 23.2 Å². The van der Waals surface area contributed by atoms with E-state index in [0.29, 0.717) is 4.91 Å². The molecule has 27 heavy (non-hydrogen) atoms. The molecule has 0 unspecified atom stereocenters. The second-order valence-corrected chi connectivity index (χ2v) is 7.61. The molecule has 2 heterocycles. The fourth-order valence-corrected chi connectivity index (χ4v) is 4.18. The first-order chi connectivity index (χ1) is 13.0. The van der Waals surface area contributed by atoms with Crippen LogP contribution in [0.3, 0.4) is 0 Å². The molecule has 0 saturated carbocycles. The van der Waals surface area contributed by atoms with Crippen molar-refractivity contribution in [3.05, 3.63) is 34.7 Å². The molecule has 2 saturated heterocycles. The number of hydrogen-bond donors (Lipinski definition) is 0. The zero-order chi connectivity index (χ0) is 19.4. The molecule has 1 atom stereocenters. The van der Waals surface area contributed by atoms with Gasteiger partial charge >= 0.3 is 5.97 Å². The first kappa shape index (κ1) is 19.5. The van der Waals surface area contributed by atoms with Crippen LogP contribution < -0.4 is 4.90 Å². The van der Waals surface area contributed by atoms with Crippen molar-refractivity contribution in [3.8, 4) is 0 Å². The molecular weight excluding hydrogens is 364 g/mol. The van der Waals surface area contributed by atoms with Gasteiger partial charge in [0.1, 0.15) is 6.04 Å². The Morgan fingerprint density at radius 1 is 1.19 bits per heavy atom. The maximum Gasteiger partial charge on any atom is 0.329 e. The highest BCUT2D eigenvalue weighted by Gasteiger charge is 2.41. The maximum absolute atomic E-state index is 12.6. The number of esters is 1. The van der Waals surface area contributed by atoms with Gasteiger partial charge in [-0.25, -0.2) is 4.79 Å². The van der Waals surface area contributed by atoms with Crippen LogP contribution in [0.25, 0.3) is 6.08 Å². The van der Waals surface area contributed by atoms with E-state index in [2.05, 4.69) is 4.90 Å². The third-order valence-corrected chi connectivity index (χ3v) is 5.63. The van der Waals surface area contributed by atoms with Gasteiger partial charge in [0.2, 0.25) is 0 Å². The van der Waals surface area contributed by atoms with Gasteiger partial charge in [0, 0.05) is 18.8 Å². The maximum atomic E-state index is 12.6. The summed E-state index contributed by atoms with van der Waals surface area (Å²) in [6.45, 7) is 5.54. The topological polar surface area (TPSA) is 66.9 Å². The molecule has 1 aromatic rings. The normalized spacial score (nSPS) is 20.3. The highest BCUT2D eigenvalue weighted by Crippen LogP contribution is 2.34. The lowest BCUT2D eigenvalue weighted by Gasteiger charge is -2.28. The number of imide groups is 1. The van der Waals surface area contributed by atoms with Gasteiger partial charge in [0.15, 0.2) is 0 Å². The predicted octanol–water partition coefficient (Wildman–Crippen LogP) is 3.66. The van der Waals surface area contributed by atoms with E-state index in [4.69, 9.17) is 4.74 Å². The van der Waals surface area contributed by atoms with E-state index in [1.54, 1.807) is 13.0 Å². The number of ether oxygens (including phenoxy) is 1. The van der Waals surface area contributed by atoms with Crippen molar-refractivity contribution in [3.63, 3.8) is 0 Å². The molecule has 2 aliphatic heterocycles. The first-order valence-electron chi connectivity index (χ1n) is 9.30. The van der Waals surface area contributed by atoms with E-state index >= 15 is 0 Å². The molecule has 1 aromatic carbocycles. The number of hydrogen-bond acceptors (Lipinski definition) is 6. The van der Waals surface area contributed by atoms with E-state index in [0.717, 1.165) is 35.3 Å². The Kier molecular flexibility index (Phi) is 6.21. The number of nitrogens with zero attached hydrogens (tertiary/aromatic N) is 2. The van der Waals surface area contributed by atoms with E-state index in [1.807, 2.05) is 24.3 Å². The zero-order valence-electron chi connectivity index (χ0n) is 15.6. The highest BCUT2D eigenvalue weighted by molar-refractivity contribution is 8.18. The number of anilines is 1. The van der Waals surface area contributed by atoms with Crippen LogP contribution in [0.1, 0.15) is 38.7 Å². The molecular formula is C20H24N2O4S. The summed E-state index contributed by atoms with van der Waals surface area (Å²) >= 11 is 0.853. The zero-order valence-corrected chi connectivity index (χ0v) is 16.5.